The molecule has 1 aromatic carbocycles. The predicted octanol–water partition coefficient (Wildman–Crippen LogP) is 1.30. The van der Waals surface area contributed by atoms with Crippen LogP contribution in [0, 0.1) is 0 Å². The molecule has 1 atom stereocenters. The molecule has 2 aromatic rings. The number of carboxylic acids is 1. The molecule has 7 nitrogen and oxygen atoms in total. The Balaban J connectivity index is 1.77. The van der Waals surface area contributed by atoms with Gasteiger partial charge in [-0.15, -0.1) is 0 Å². The number of aliphatic carboxylic acids is 1. The average molecular weight is 325 g/mol. The van der Waals surface area contributed by atoms with E-state index in [4.69, 9.17) is 14.3 Å². The second-order valence-corrected chi connectivity index (χ2v) is 6.95. The fourth-order valence-electron chi connectivity index (χ4n) is 2.45. The van der Waals surface area contributed by atoms with Crippen LogP contribution in [0.2, 0.25) is 0 Å². The van der Waals surface area contributed by atoms with Gasteiger partial charge in [-0.05, 0) is 12.5 Å². The van der Waals surface area contributed by atoms with Gasteiger partial charge in [-0.25, -0.2) is 13.2 Å². The molecule has 1 fully saturated rings. The largest absolute Gasteiger partial charge is 0.480 e. The van der Waals surface area contributed by atoms with Crippen molar-refractivity contribution in [3.63, 3.8) is 0 Å². The maximum absolute atomic E-state index is 12.5. The molecule has 2 heterocycles. The second-order valence-electron chi connectivity index (χ2n) is 5.08. The van der Waals surface area contributed by atoms with Gasteiger partial charge in [0.15, 0.2) is 0 Å². The third-order valence-corrected chi connectivity index (χ3v) is 5.27. The molecule has 0 saturated carbocycles. The van der Waals surface area contributed by atoms with E-state index in [2.05, 4.69) is 0 Å². The Kier molecular flexibility index (Phi) is 3.90. The number of hydrogen-bond acceptors (Lipinski definition) is 5. The lowest BCUT2D eigenvalue weighted by Gasteiger charge is -2.14. The highest BCUT2D eigenvalue weighted by atomic mass is 32.2. The average Bonchev–Trinajstić information content (AvgIpc) is 3.12. The molecule has 0 amide bonds. The summed E-state index contributed by atoms with van der Waals surface area (Å²) in [7, 11) is -3.73. The van der Waals surface area contributed by atoms with Gasteiger partial charge in [0, 0.05) is 24.5 Å². The van der Waals surface area contributed by atoms with E-state index in [1.165, 1.54) is 10.4 Å². The Bertz CT molecular complexity index is 764. The van der Waals surface area contributed by atoms with Gasteiger partial charge in [0.2, 0.25) is 5.09 Å². The van der Waals surface area contributed by atoms with E-state index in [9.17, 15) is 13.2 Å². The third kappa shape index (κ3) is 2.85. The van der Waals surface area contributed by atoms with E-state index in [1.54, 1.807) is 24.3 Å². The minimum absolute atomic E-state index is 0.104. The van der Waals surface area contributed by atoms with Gasteiger partial charge in [-0.1, -0.05) is 18.2 Å². The maximum atomic E-state index is 12.5. The number of sulfonamides is 1. The van der Waals surface area contributed by atoms with Crippen LogP contribution in [0.25, 0.3) is 11.0 Å². The number of nitrogens with zero attached hydrogens (tertiary/aromatic N) is 1. The van der Waals surface area contributed by atoms with Crippen molar-refractivity contribution in [1.82, 2.24) is 4.31 Å². The predicted molar refractivity (Wildman–Crippen MR) is 77.0 cm³/mol. The lowest BCUT2D eigenvalue weighted by Crippen LogP contribution is -2.30. The highest BCUT2D eigenvalue weighted by molar-refractivity contribution is 7.89. The highest BCUT2D eigenvalue weighted by Gasteiger charge is 2.35. The van der Waals surface area contributed by atoms with Gasteiger partial charge in [-0.3, -0.25) is 0 Å². The Hall–Kier alpha value is -1.90. The van der Waals surface area contributed by atoms with Gasteiger partial charge in [0.25, 0.3) is 10.0 Å². The summed E-state index contributed by atoms with van der Waals surface area (Å²) in [5.41, 5.74) is 0.513. The standard InChI is InChI=1S/C14H15NO6S/c16-13(17)9-20-11-5-6-15(8-11)22(18,19)14-7-10-3-1-2-4-12(10)21-14/h1-4,7,11H,5-6,8-9H2,(H,16,17)/t11-/m0/s1. The first kappa shape index (κ1) is 15.0. The van der Waals surface area contributed by atoms with Crippen molar-refractivity contribution >= 4 is 27.0 Å². The summed E-state index contributed by atoms with van der Waals surface area (Å²) in [6.07, 6.45) is 0.0578. The molecule has 22 heavy (non-hydrogen) atoms. The Morgan fingerprint density at radius 1 is 1.41 bits per heavy atom. The molecule has 3 rings (SSSR count). The number of hydrogen-bond donors (Lipinski definition) is 1. The van der Waals surface area contributed by atoms with Crippen LogP contribution in [0.1, 0.15) is 6.42 Å². The summed E-state index contributed by atoms with van der Waals surface area (Å²) >= 11 is 0. The Morgan fingerprint density at radius 3 is 2.91 bits per heavy atom. The Morgan fingerprint density at radius 2 is 2.18 bits per heavy atom. The van der Waals surface area contributed by atoms with Crippen molar-refractivity contribution in [2.45, 2.75) is 17.6 Å². The Labute approximate surface area is 127 Å². The van der Waals surface area contributed by atoms with E-state index >= 15 is 0 Å². The summed E-state index contributed by atoms with van der Waals surface area (Å²) in [5.74, 6) is -1.07. The van der Waals surface area contributed by atoms with E-state index in [-0.39, 0.29) is 18.2 Å². The molecule has 0 unspecified atom stereocenters. The molecule has 8 heteroatoms. The van der Waals surface area contributed by atoms with Crippen LogP contribution in [0.3, 0.4) is 0 Å². The monoisotopic (exact) mass is 325 g/mol. The molecule has 1 N–H and O–H groups in total. The SMILES string of the molecule is O=C(O)CO[C@H]1CCN(S(=O)(=O)c2cc3ccccc3o2)C1. The van der Waals surface area contributed by atoms with Crippen LogP contribution in [0.15, 0.2) is 39.8 Å². The molecule has 1 aromatic heterocycles. The van der Waals surface area contributed by atoms with Crippen molar-refractivity contribution in [3.05, 3.63) is 30.3 Å². The first-order valence-corrected chi connectivity index (χ1v) is 8.23. The maximum Gasteiger partial charge on any atom is 0.329 e. The first-order chi connectivity index (χ1) is 10.5. The number of para-hydroxylation sites is 1. The zero-order valence-corrected chi connectivity index (χ0v) is 12.5. The van der Waals surface area contributed by atoms with Crippen molar-refractivity contribution in [3.8, 4) is 0 Å². The van der Waals surface area contributed by atoms with Crippen LogP contribution in [-0.4, -0.2) is 49.6 Å². The van der Waals surface area contributed by atoms with Gasteiger partial charge in [-0.2, -0.15) is 4.31 Å². The minimum atomic E-state index is -3.73. The number of ether oxygens (including phenoxy) is 1. The number of fused-ring (bicyclic) bond motifs is 1. The topological polar surface area (TPSA) is 97.0 Å². The number of carbonyl (C=O) groups is 1. The molecule has 0 radical (unpaired) electrons. The van der Waals surface area contributed by atoms with E-state index in [0.717, 1.165) is 5.39 Å². The normalized spacial score (nSPS) is 19.7. The van der Waals surface area contributed by atoms with Crippen molar-refractivity contribution in [2.75, 3.05) is 19.7 Å². The minimum Gasteiger partial charge on any atom is -0.480 e. The molecule has 0 spiro atoms. The van der Waals surface area contributed by atoms with Crippen LogP contribution in [-0.2, 0) is 19.6 Å². The molecule has 0 bridgehead atoms. The second kappa shape index (κ2) is 5.71. The zero-order chi connectivity index (χ0) is 15.7. The smallest absolute Gasteiger partial charge is 0.329 e. The third-order valence-electron chi connectivity index (χ3n) is 3.55. The molecule has 1 saturated heterocycles. The lowest BCUT2D eigenvalue weighted by atomic mass is 10.3. The first-order valence-electron chi connectivity index (χ1n) is 6.79. The van der Waals surface area contributed by atoms with Gasteiger partial charge in [0.1, 0.15) is 12.2 Å². The fraction of sp³-hybridized carbons (Fsp3) is 0.357. The number of benzene rings is 1. The molecule has 118 valence electrons. The summed E-state index contributed by atoms with van der Waals surface area (Å²) in [6.45, 7) is -0.0144. The highest BCUT2D eigenvalue weighted by Crippen LogP contribution is 2.27. The molecule has 0 aliphatic carbocycles. The van der Waals surface area contributed by atoms with Gasteiger partial charge >= 0.3 is 5.97 Å². The summed E-state index contributed by atoms with van der Waals surface area (Å²) in [6, 6.07) is 8.56. The summed E-state index contributed by atoms with van der Waals surface area (Å²) in [5, 5.41) is 9.20. The van der Waals surface area contributed by atoms with E-state index < -0.39 is 28.7 Å². The molecular formula is C14H15NO6S. The van der Waals surface area contributed by atoms with Crippen molar-refractivity contribution in [2.24, 2.45) is 0 Å². The van der Waals surface area contributed by atoms with Crippen LogP contribution < -0.4 is 0 Å². The van der Waals surface area contributed by atoms with Crippen molar-refractivity contribution < 1.29 is 27.5 Å². The molecular weight excluding hydrogens is 310 g/mol. The van der Waals surface area contributed by atoms with Crippen LogP contribution in [0.5, 0.6) is 0 Å². The van der Waals surface area contributed by atoms with Crippen LogP contribution in [0.4, 0.5) is 0 Å². The summed E-state index contributed by atoms with van der Waals surface area (Å²) < 4.78 is 36.9. The number of furan rings is 1. The van der Waals surface area contributed by atoms with Crippen molar-refractivity contribution in [1.29, 1.82) is 0 Å². The van der Waals surface area contributed by atoms with E-state index in [0.29, 0.717) is 12.0 Å². The van der Waals surface area contributed by atoms with Gasteiger partial charge < -0.3 is 14.3 Å². The van der Waals surface area contributed by atoms with Gasteiger partial charge in [0.05, 0.1) is 6.10 Å². The molecule has 1 aliphatic rings. The van der Waals surface area contributed by atoms with Crippen LogP contribution >= 0.6 is 0 Å². The quantitative estimate of drug-likeness (QED) is 0.890. The van der Waals surface area contributed by atoms with E-state index in [1.807, 2.05) is 0 Å². The molecule has 1 aliphatic heterocycles. The number of rotatable bonds is 5. The fourth-order valence-corrected chi connectivity index (χ4v) is 3.89. The zero-order valence-electron chi connectivity index (χ0n) is 11.6. The summed E-state index contributed by atoms with van der Waals surface area (Å²) in [4.78, 5) is 10.5. The number of carboxylic acid groups (broad SMARTS) is 1. The lowest BCUT2D eigenvalue weighted by molar-refractivity contribution is -0.144.